The Bertz CT molecular complexity index is 593. The van der Waals surface area contributed by atoms with Crippen LogP contribution in [0.4, 0.5) is 0 Å². The summed E-state index contributed by atoms with van der Waals surface area (Å²) in [5, 5.41) is 3.10. The van der Waals surface area contributed by atoms with Gasteiger partial charge < -0.3 is 15.1 Å². The maximum absolute atomic E-state index is 12.6. The van der Waals surface area contributed by atoms with Gasteiger partial charge in [0.25, 0.3) is 0 Å². The monoisotopic (exact) mass is 379 g/mol. The maximum Gasteiger partial charge on any atom is 0.236 e. The fraction of sp³-hybridized carbons (Fsp3) is 0.529. The van der Waals surface area contributed by atoms with Crippen LogP contribution >= 0.6 is 15.9 Å². The van der Waals surface area contributed by atoms with Crippen molar-refractivity contribution in [3.8, 4) is 0 Å². The van der Waals surface area contributed by atoms with Crippen molar-refractivity contribution in [1.29, 1.82) is 0 Å². The highest BCUT2D eigenvalue weighted by Crippen LogP contribution is 2.20. The van der Waals surface area contributed by atoms with Gasteiger partial charge in [0.15, 0.2) is 0 Å². The van der Waals surface area contributed by atoms with Gasteiger partial charge in [-0.3, -0.25) is 9.59 Å². The number of nitrogens with zero attached hydrogens (tertiary/aromatic N) is 2. The number of benzene rings is 1. The standard InChI is InChI=1S/C17H22BrN3O2/c18-15-6-2-1-4-13(15)10-16(22)20-8-3-5-14(12-20)21-9-7-19-11-17(21)23/h1-2,4,6,14,19H,3,5,7-12H2. The molecule has 0 radical (unpaired) electrons. The van der Waals surface area contributed by atoms with Gasteiger partial charge in [-0.1, -0.05) is 34.1 Å². The number of nitrogens with one attached hydrogen (secondary N) is 1. The lowest BCUT2D eigenvalue weighted by Gasteiger charge is -2.41. The van der Waals surface area contributed by atoms with Gasteiger partial charge in [0, 0.05) is 36.7 Å². The van der Waals surface area contributed by atoms with E-state index in [0.29, 0.717) is 19.5 Å². The molecule has 0 spiro atoms. The number of rotatable bonds is 3. The normalized spacial score (nSPS) is 22.3. The van der Waals surface area contributed by atoms with Crippen molar-refractivity contribution in [2.75, 3.05) is 32.7 Å². The topological polar surface area (TPSA) is 52.7 Å². The van der Waals surface area contributed by atoms with E-state index >= 15 is 0 Å². The van der Waals surface area contributed by atoms with Crippen molar-refractivity contribution in [2.24, 2.45) is 0 Å². The van der Waals surface area contributed by atoms with Crippen molar-refractivity contribution in [2.45, 2.75) is 25.3 Å². The predicted molar refractivity (Wildman–Crippen MR) is 92.0 cm³/mol. The van der Waals surface area contributed by atoms with Gasteiger partial charge in [-0.2, -0.15) is 0 Å². The van der Waals surface area contributed by atoms with Gasteiger partial charge in [0.2, 0.25) is 11.8 Å². The number of hydrogen-bond donors (Lipinski definition) is 1. The molecule has 124 valence electrons. The summed E-state index contributed by atoms with van der Waals surface area (Å²) in [5.41, 5.74) is 1.01. The summed E-state index contributed by atoms with van der Waals surface area (Å²) in [6, 6.07) is 8.00. The molecule has 3 rings (SSSR count). The minimum Gasteiger partial charge on any atom is -0.340 e. The zero-order valence-electron chi connectivity index (χ0n) is 13.1. The fourth-order valence-electron chi connectivity index (χ4n) is 3.36. The van der Waals surface area contributed by atoms with Gasteiger partial charge in [0.05, 0.1) is 13.0 Å². The van der Waals surface area contributed by atoms with Crippen LogP contribution in [-0.4, -0.2) is 60.4 Å². The second kappa shape index (κ2) is 7.45. The van der Waals surface area contributed by atoms with Crippen LogP contribution in [0.2, 0.25) is 0 Å². The Labute approximate surface area is 145 Å². The molecule has 0 saturated carbocycles. The molecule has 1 unspecified atom stereocenters. The minimum absolute atomic E-state index is 0.143. The van der Waals surface area contributed by atoms with Crippen LogP contribution in [0, 0.1) is 0 Å². The Morgan fingerprint density at radius 3 is 2.91 bits per heavy atom. The summed E-state index contributed by atoms with van der Waals surface area (Å²) in [4.78, 5) is 28.6. The van der Waals surface area contributed by atoms with E-state index in [4.69, 9.17) is 0 Å². The lowest BCUT2D eigenvalue weighted by Crippen LogP contribution is -2.57. The molecule has 1 N–H and O–H groups in total. The molecular formula is C17H22BrN3O2. The summed E-state index contributed by atoms with van der Waals surface area (Å²) < 4.78 is 0.971. The highest BCUT2D eigenvalue weighted by atomic mass is 79.9. The molecule has 2 amide bonds. The molecule has 6 heteroatoms. The van der Waals surface area contributed by atoms with E-state index in [2.05, 4.69) is 21.2 Å². The molecule has 2 saturated heterocycles. The molecule has 2 fully saturated rings. The fourth-order valence-corrected chi connectivity index (χ4v) is 3.78. The zero-order chi connectivity index (χ0) is 16.2. The third-order valence-electron chi connectivity index (χ3n) is 4.62. The third kappa shape index (κ3) is 3.93. The van der Waals surface area contributed by atoms with Gasteiger partial charge in [-0.15, -0.1) is 0 Å². The smallest absolute Gasteiger partial charge is 0.236 e. The number of amides is 2. The maximum atomic E-state index is 12.6. The lowest BCUT2D eigenvalue weighted by molar-refractivity contribution is -0.140. The van der Waals surface area contributed by atoms with Crippen molar-refractivity contribution < 1.29 is 9.59 Å². The molecule has 2 aliphatic rings. The molecule has 23 heavy (non-hydrogen) atoms. The Kier molecular flexibility index (Phi) is 5.33. The molecule has 1 aromatic rings. The number of hydrogen-bond acceptors (Lipinski definition) is 3. The minimum atomic E-state index is 0.143. The van der Waals surface area contributed by atoms with Crippen molar-refractivity contribution in [3.05, 3.63) is 34.3 Å². The Morgan fingerprint density at radius 2 is 2.13 bits per heavy atom. The SMILES string of the molecule is O=C(Cc1ccccc1Br)N1CCCC(N2CCNCC2=O)C1. The van der Waals surface area contributed by atoms with E-state index in [9.17, 15) is 9.59 Å². The first-order valence-corrected chi connectivity index (χ1v) is 8.96. The highest BCUT2D eigenvalue weighted by molar-refractivity contribution is 9.10. The largest absolute Gasteiger partial charge is 0.340 e. The Morgan fingerprint density at radius 1 is 1.30 bits per heavy atom. The van der Waals surface area contributed by atoms with Gasteiger partial charge >= 0.3 is 0 Å². The van der Waals surface area contributed by atoms with Crippen LogP contribution in [0.3, 0.4) is 0 Å². The Balaban J connectivity index is 1.62. The van der Waals surface area contributed by atoms with Crippen LogP contribution in [-0.2, 0) is 16.0 Å². The quantitative estimate of drug-likeness (QED) is 0.863. The molecule has 0 aliphatic carbocycles. The van der Waals surface area contributed by atoms with Crippen LogP contribution in [0.15, 0.2) is 28.7 Å². The molecule has 0 aromatic heterocycles. The van der Waals surface area contributed by atoms with Gasteiger partial charge in [-0.25, -0.2) is 0 Å². The average molecular weight is 380 g/mol. The first-order valence-electron chi connectivity index (χ1n) is 8.16. The number of likely N-dealkylation sites (tertiary alicyclic amines) is 1. The molecule has 5 nitrogen and oxygen atoms in total. The van der Waals surface area contributed by atoms with Crippen molar-refractivity contribution in [1.82, 2.24) is 15.1 Å². The number of carbonyl (C=O) groups excluding carboxylic acids is 2. The second-order valence-electron chi connectivity index (χ2n) is 6.17. The summed E-state index contributed by atoms with van der Waals surface area (Å²) >= 11 is 3.50. The number of carbonyl (C=O) groups is 2. The first-order chi connectivity index (χ1) is 11.1. The zero-order valence-corrected chi connectivity index (χ0v) is 14.7. The number of piperidine rings is 1. The molecular weight excluding hydrogens is 358 g/mol. The third-order valence-corrected chi connectivity index (χ3v) is 5.39. The van der Waals surface area contributed by atoms with Gasteiger partial charge in [0.1, 0.15) is 0 Å². The van der Waals surface area contributed by atoms with Crippen LogP contribution in [0.25, 0.3) is 0 Å². The molecule has 0 bridgehead atoms. The molecule has 1 aromatic carbocycles. The van der Waals surface area contributed by atoms with Gasteiger partial charge in [-0.05, 0) is 24.5 Å². The summed E-state index contributed by atoms with van der Waals surface area (Å²) in [6.07, 6.45) is 2.36. The van der Waals surface area contributed by atoms with Crippen molar-refractivity contribution >= 4 is 27.7 Å². The highest BCUT2D eigenvalue weighted by Gasteiger charge is 2.31. The van der Waals surface area contributed by atoms with E-state index < -0.39 is 0 Å². The van der Waals surface area contributed by atoms with E-state index in [1.54, 1.807) is 0 Å². The average Bonchev–Trinajstić information content (AvgIpc) is 2.57. The van der Waals surface area contributed by atoms with Crippen LogP contribution in [0.1, 0.15) is 18.4 Å². The van der Waals surface area contributed by atoms with E-state index in [-0.39, 0.29) is 17.9 Å². The van der Waals surface area contributed by atoms with Crippen LogP contribution < -0.4 is 5.32 Å². The molecule has 2 heterocycles. The molecule has 1 atom stereocenters. The Hall–Kier alpha value is -1.40. The van der Waals surface area contributed by atoms with E-state index in [1.807, 2.05) is 34.1 Å². The van der Waals surface area contributed by atoms with E-state index in [0.717, 1.165) is 42.5 Å². The number of piperazine rings is 1. The first kappa shape index (κ1) is 16.5. The lowest BCUT2D eigenvalue weighted by atomic mass is 10.0. The van der Waals surface area contributed by atoms with Crippen LogP contribution in [0.5, 0.6) is 0 Å². The number of halogens is 1. The summed E-state index contributed by atoms with van der Waals surface area (Å²) in [6.45, 7) is 3.46. The summed E-state index contributed by atoms with van der Waals surface area (Å²) in [7, 11) is 0. The summed E-state index contributed by atoms with van der Waals surface area (Å²) in [5.74, 6) is 0.297. The predicted octanol–water partition coefficient (Wildman–Crippen LogP) is 1.41. The van der Waals surface area contributed by atoms with Crippen molar-refractivity contribution in [3.63, 3.8) is 0 Å². The van der Waals surface area contributed by atoms with E-state index in [1.165, 1.54) is 0 Å². The second-order valence-corrected chi connectivity index (χ2v) is 7.02. The molecule has 2 aliphatic heterocycles.